The van der Waals surface area contributed by atoms with Gasteiger partial charge in [-0.05, 0) is 31.0 Å². The molecule has 3 heterocycles. The van der Waals surface area contributed by atoms with Crippen LogP contribution in [-0.2, 0) is 10.2 Å². The van der Waals surface area contributed by atoms with Crippen LogP contribution < -0.4 is 5.56 Å². The van der Waals surface area contributed by atoms with Gasteiger partial charge in [0.15, 0.2) is 0 Å². The summed E-state index contributed by atoms with van der Waals surface area (Å²) in [6, 6.07) is 9.82. The largest absolute Gasteiger partial charge is 0.341 e. The maximum atomic E-state index is 12.8. The molecule has 1 aromatic heterocycles. The molecule has 0 bridgehead atoms. The van der Waals surface area contributed by atoms with Gasteiger partial charge in [0, 0.05) is 24.6 Å². The normalized spacial score (nSPS) is 17.3. The van der Waals surface area contributed by atoms with Crippen molar-refractivity contribution in [2.24, 2.45) is 0 Å². The molecule has 4 rings (SSSR count). The summed E-state index contributed by atoms with van der Waals surface area (Å²) >= 11 is 0. The topological polar surface area (TPSA) is 92.6 Å². The lowest BCUT2D eigenvalue weighted by Crippen LogP contribution is -2.46. The number of benzene rings is 1. The van der Waals surface area contributed by atoms with E-state index in [0.29, 0.717) is 37.1 Å². The van der Waals surface area contributed by atoms with Gasteiger partial charge in [0.1, 0.15) is 6.54 Å². The van der Waals surface area contributed by atoms with E-state index < -0.39 is 11.8 Å². The second kappa shape index (κ2) is 7.76. The van der Waals surface area contributed by atoms with Crippen LogP contribution >= 0.6 is 0 Å². The van der Waals surface area contributed by atoms with Crippen LogP contribution in [0.5, 0.6) is 0 Å². The third-order valence-electron chi connectivity index (χ3n) is 5.93. The molecule has 1 fully saturated rings. The molecule has 0 atom stereocenters. The number of piperidine rings is 1. The maximum Gasteiger partial charge on any atom is 0.267 e. The van der Waals surface area contributed by atoms with Crippen LogP contribution in [0.4, 0.5) is 0 Å². The molecule has 0 aliphatic carbocycles. The predicted molar refractivity (Wildman–Crippen MR) is 114 cm³/mol. The Morgan fingerprint density at radius 1 is 0.968 bits per heavy atom. The fraction of sp³-hybridized carbons (Fsp3) is 0.435. The minimum absolute atomic E-state index is 0.0850. The number of carbonyl (C=O) groups is 3. The number of aromatic nitrogens is 2. The van der Waals surface area contributed by atoms with Crippen LogP contribution in [-0.4, -0.2) is 56.9 Å². The van der Waals surface area contributed by atoms with Gasteiger partial charge in [0.05, 0.1) is 22.9 Å². The lowest BCUT2D eigenvalue weighted by molar-refractivity contribution is -0.132. The van der Waals surface area contributed by atoms with Gasteiger partial charge in [0.25, 0.3) is 17.4 Å². The third-order valence-corrected chi connectivity index (χ3v) is 5.93. The molecule has 1 saturated heterocycles. The number of imide groups is 1. The molecule has 1 aromatic carbocycles. The lowest BCUT2D eigenvalue weighted by atomic mass is 9.92. The second-order valence-electron chi connectivity index (χ2n) is 9.11. The van der Waals surface area contributed by atoms with Crippen LogP contribution in [0, 0.1) is 0 Å². The highest BCUT2D eigenvalue weighted by Gasteiger charge is 2.37. The van der Waals surface area contributed by atoms with E-state index in [1.54, 1.807) is 41.3 Å². The van der Waals surface area contributed by atoms with E-state index in [-0.39, 0.29) is 29.5 Å². The predicted octanol–water partition coefficient (Wildman–Crippen LogP) is 2.00. The van der Waals surface area contributed by atoms with Crippen molar-refractivity contribution in [1.82, 2.24) is 19.6 Å². The van der Waals surface area contributed by atoms with Crippen LogP contribution in [0.15, 0.2) is 41.2 Å². The van der Waals surface area contributed by atoms with Crippen LogP contribution in [0.1, 0.15) is 66.1 Å². The van der Waals surface area contributed by atoms with Crippen molar-refractivity contribution in [3.05, 3.63) is 63.6 Å². The Hall–Kier alpha value is -3.29. The standard InChI is InChI=1S/C23H26N4O4/c1-23(2,3)18-8-9-19(28)27(24-18)15-10-12-25(13-11-15)20(29)14-26-21(30)16-6-4-5-7-17(16)22(26)31/h4-9,15H,10-14H2,1-3H3. The van der Waals surface area contributed by atoms with Crippen molar-refractivity contribution < 1.29 is 14.4 Å². The number of likely N-dealkylation sites (tertiary alicyclic amines) is 1. The molecule has 31 heavy (non-hydrogen) atoms. The van der Waals surface area contributed by atoms with Crippen molar-refractivity contribution in [2.75, 3.05) is 19.6 Å². The number of fused-ring (bicyclic) bond motifs is 1. The monoisotopic (exact) mass is 422 g/mol. The smallest absolute Gasteiger partial charge is 0.267 e. The van der Waals surface area contributed by atoms with Crippen molar-refractivity contribution >= 4 is 17.7 Å². The first-order chi connectivity index (χ1) is 14.7. The summed E-state index contributed by atoms with van der Waals surface area (Å²) in [6.45, 7) is 6.76. The Balaban J connectivity index is 1.41. The number of hydrogen-bond acceptors (Lipinski definition) is 5. The fourth-order valence-electron chi connectivity index (χ4n) is 4.06. The average Bonchev–Trinajstić information content (AvgIpc) is 2.98. The summed E-state index contributed by atoms with van der Waals surface area (Å²) in [5.41, 5.74) is 1.20. The molecule has 0 radical (unpaired) electrons. The minimum atomic E-state index is -0.432. The molecule has 3 amide bonds. The number of amides is 3. The summed E-state index contributed by atoms with van der Waals surface area (Å²) in [5.74, 6) is -1.13. The van der Waals surface area contributed by atoms with E-state index in [1.165, 1.54) is 4.68 Å². The highest BCUT2D eigenvalue weighted by Crippen LogP contribution is 2.25. The van der Waals surface area contributed by atoms with Crippen molar-refractivity contribution in [3.8, 4) is 0 Å². The summed E-state index contributed by atoms with van der Waals surface area (Å²) < 4.78 is 1.53. The number of nitrogens with zero attached hydrogens (tertiary/aromatic N) is 4. The Morgan fingerprint density at radius 2 is 1.55 bits per heavy atom. The second-order valence-corrected chi connectivity index (χ2v) is 9.11. The molecule has 2 aliphatic rings. The molecule has 0 spiro atoms. The molecule has 8 heteroatoms. The Kier molecular flexibility index (Phi) is 5.24. The Bertz CT molecular complexity index is 1070. The van der Waals surface area contributed by atoms with Crippen LogP contribution in [0.3, 0.4) is 0 Å². The van der Waals surface area contributed by atoms with E-state index >= 15 is 0 Å². The van der Waals surface area contributed by atoms with E-state index in [2.05, 4.69) is 5.10 Å². The summed E-state index contributed by atoms with van der Waals surface area (Å²) in [4.78, 5) is 52.8. The SMILES string of the molecule is CC(C)(C)c1ccc(=O)n(C2CCN(C(=O)CN3C(=O)c4ccccc4C3=O)CC2)n1. The number of carbonyl (C=O) groups excluding carboxylic acids is 3. The Labute approximate surface area is 180 Å². The van der Waals surface area contributed by atoms with Crippen LogP contribution in [0.25, 0.3) is 0 Å². The summed E-state index contributed by atoms with van der Waals surface area (Å²) in [6.07, 6.45) is 1.18. The van der Waals surface area contributed by atoms with Gasteiger partial charge in [-0.2, -0.15) is 5.10 Å². The zero-order valence-electron chi connectivity index (χ0n) is 18.0. The van der Waals surface area contributed by atoms with Gasteiger partial charge >= 0.3 is 0 Å². The molecule has 0 N–H and O–H groups in total. The quantitative estimate of drug-likeness (QED) is 0.706. The van der Waals surface area contributed by atoms with Gasteiger partial charge in [-0.15, -0.1) is 0 Å². The molecular weight excluding hydrogens is 396 g/mol. The van der Waals surface area contributed by atoms with E-state index in [4.69, 9.17) is 0 Å². The van der Waals surface area contributed by atoms with Crippen molar-refractivity contribution in [2.45, 2.75) is 45.1 Å². The highest BCUT2D eigenvalue weighted by molar-refractivity contribution is 6.22. The van der Waals surface area contributed by atoms with Gasteiger partial charge < -0.3 is 4.90 Å². The number of hydrogen-bond donors (Lipinski definition) is 0. The van der Waals surface area contributed by atoms with Gasteiger partial charge in [-0.25, -0.2) is 4.68 Å². The van der Waals surface area contributed by atoms with Gasteiger partial charge in [0.2, 0.25) is 5.91 Å². The average molecular weight is 422 g/mol. The molecule has 2 aliphatic heterocycles. The first-order valence-corrected chi connectivity index (χ1v) is 10.5. The molecule has 0 saturated carbocycles. The highest BCUT2D eigenvalue weighted by atomic mass is 16.2. The van der Waals surface area contributed by atoms with Crippen LogP contribution in [0.2, 0.25) is 0 Å². The van der Waals surface area contributed by atoms with E-state index in [9.17, 15) is 19.2 Å². The fourth-order valence-corrected chi connectivity index (χ4v) is 4.06. The lowest BCUT2D eigenvalue weighted by Gasteiger charge is -2.33. The Morgan fingerprint density at radius 3 is 2.10 bits per heavy atom. The first-order valence-electron chi connectivity index (χ1n) is 10.5. The van der Waals surface area contributed by atoms with E-state index in [0.717, 1.165) is 10.6 Å². The first kappa shape index (κ1) is 21.0. The van der Waals surface area contributed by atoms with Gasteiger partial charge in [-0.3, -0.25) is 24.1 Å². The maximum absolute atomic E-state index is 12.8. The molecule has 162 valence electrons. The van der Waals surface area contributed by atoms with E-state index in [1.807, 2.05) is 20.8 Å². The summed E-state index contributed by atoms with van der Waals surface area (Å²) in [5, 5.41) is 4.57. The zero-order valence-corrected chi connectivity index (χ0v) is 18.0. The molecule has 2 aromatic rings. The minimum Gasteiger partial charge on any atom is -0.341 e. The summed E-state index contributed by atoms with van der Waals surface area (Å²) in [7, 11) is 0. The van der Waals surface area contributed by atoms with Gasteiger partial charge in [-0.1, -0.05) is 32.9 Å². The molecule has 8 nitrogen and oxygen atoms in total. The third kappa shape index (κ3) is 3.89. The zero-order chi connectivity index (χ0) is 22.3. The molecular formula is C23H26N4O4. The number of rotatable bonds is 3. The molecule has 0 unspecified atom stereocenters. The van der Waals surface area contributed by atoms with Crippen molar-refractivity contribution in [1.29, 1.82) is 0 Å². The van der Waals surface area contributed by atoms with Crippen molar-refractivity contribution in [3.63, 3.8) is 0 Å².